The first-order valence-electron chi connectivity index (χ1n) is 9.08. The van der Waals surface area contributed by atoms with Crippen LogP contribution in [0.25, 0.3) is 10.9 Å². The Morgan fingerprint density at radius 2 is 1.58 bits per heavy atom. The van der Waals surface area contributed by atoms with Gasteiger partial charge in [-0.2, -0.15) is 0 Å². The maximum atomic E-state index is 11.5. The molecule has 0 amide bonds. The Labute approximate surface area is 143 Å². The zero-order valence-corrected chi connectivity index (χ0v) is 14.1. The molecule has 0 bridgehead atoms. The van der Waals surface area contributed by atoms with E-state index < -0.39 is 5.60 Å². The van der Waals surface area contributed by atoms with Gasteiger partial charge in [0.1, 0.15) is 0 Å². The molecule has 4 rings (SSSR count). The fraction of sp³-hybridized carbons (Fsp3) is 0.364. The molecule has 2 nitrogen and oxygen atoms in total. The van der Waals surface area contributed by atoms with E-state index in [1.807, 2.05) is 0 Å². The van der Waals surface area contributed by atoms with Gasteiger partial charge in [0.25, 0.3) is 0 Å². The molecule has 0 radical (unpaired) electrons. The fourth-order valence-corrected chi connectivity index (χ4v) is 4.26. The molecule has 1 heterocycles. The van der Waals surface area contributed by atoms with Gasteiger partial charge in [-0.15, -0.1) is 0 Å². The molecule has 2 heteroatoms. The molecule has 3 aromatic rings. The summed E-state index contributed by atoms with van der Waals surface area (Å²) >= 11 is 0. The molecule has 1 aliphatic carbocycles. The molecular weight excluding hydrogens is 294 g/mol. The summed E-state index contributed by atoms with van der Waals surface area (Å²) in [5.74, 6) is 0. The third-order valence-electron chi connectivity index (χ3n) is 5.58. The summed E-state index contributed by atoms with van der Waals surface area (Å²) in [5, 5.41) is 12.7. The van der Waals surface area contributed by atoms with E-state index in [2.05, 4.69) is 71.4 Å². The predicted octanol–water partition coefficient (Wildman–Crippen LogP) is 5.12. The lowest BCUT2D eigenvalue weighted by atomic mass is 9.77. The Morgan fingerprint density at radius 3 is 2.38 bits per heavy atom. The fourth-order valence-electron chi connectivity index (χ4n) is 4.26. The van der Waals surface area contributed by atoms with E-state index in [4.69, 9.17) is 0 Å². The first-order valence-corrected chi connectivity index (χ1v) is 9.08. The van der Waals surface area contributed by atoms with E-state index in [9.17, 15) is 5.11 Å². The van der Waals surface area contributed by atoms with Crippen LogP contribution in [0.4, 0.5) is 0 Å². The van der Waals surface area contributed by atoms with E-state index in [0.717, 1.165) is 32.1 Å². The molecule has 2 aromatic carbocycles. The van der Waals surface area contributed by atoms with Crippen molar-refractivity contribution in [3.63, 3.8) is 0 Å². The van der Waals surface area contributed by atoms with Crippen molar-refractivity contribution in [2.75, 3.05) is 0 Å². The van der Waals surface area contributed by atoms with Crippen LogP contribution < -0.4 is 0 Å². The van der Waals surface area contributed by atoms with Crippen molar-refractivity contribution < 1.29 is 5.11 Å². The smallest absolute Gasteiger partial charge is 0.0857 e. The van der Waals surface area contributed by atoms with Gasteiger partial charge in [0.2, 0.25) is 0 Å². The summed E-state index contributed by atoms with van der Waals surface area (Å²) in [5.41, 5.74) is 1.90. The van der Waals surface area contributed by atoms with Crippen LogP contribution in [-0.4, -0.2) is 15.3 Å². The summed E-state index contributed by atoms with van der Waals surface area (Å²) in [7, 11) is 0. The van der Waals surface area contributed by atoms with E-state index >= 15 is 0 Å². The molecule has 24 heavy (non-hydrogen) atoms. The lowest BCUT2D eigenvalue weighted by Gasteiger charge is -2.40. The Balaban J connectivity index is 1.77. The highest BCUT2D eigenvalue weighted by Crippen LogP contribution is 2.40. The molecule has 1 saturated carbocycles. The number of para-hydroxylation sites is 1. The number of aromatic nitrogens is 1. The highest BCUT2D eigenvalue weighted by atomic mass is 16.3. The molecule has 1 atom stereocenters. The maximum Gasteiger partial charge on any atom is 0.0857 e. The Morgan fingerprint density at radius 1 is 0.875 bits per heavy atom. The number of aliphatic hydroxyl groups is 1. The third-order valence-corrected chi connectivity index (χ3v) is 5.58. The Bertz CT molecular complexity index is 799. The Kier molecular flexibility index (Phi) is 4.15. The molecule has 1 unspecified atom stereocenters. The zero-order valence-electron chi connectivity index (χ0n) is 14.1. The van der Waals surface area contributed by atoms with Crippen LogP contribution in [0.5, 0.6) is 0 Å². The van der Waals surface area contributed by atoms with Gasteiger partial charge in [0, 0.05) is 11.7 Å². The summed E-state index contributed by atoms with van der Waals surface area (Å²) in [6, 6.07) is 21.3. The van der Waals surface area contributed by atoms with Crippen molar-refractivity contribution >= 4 is 10.9 Å². The lowest BCUT2D eigenvalue weighted by Crippen LogP contribution is -2.42. The standard InChI is InChI=1S/C22H25NO/c24-22(14-7-2-8-15-22)21(17-18-9-3-1-4-10-18)23-16-13-19-11-5-6-12-20(19)23/h1,3-6,9-13,16,21,24H,2,7-8,14-15,17H2. The van der Waals surface area contributed by atoms with Gasteiger partial charge in [-0.3, -0.25) is 0 Å². The molecule has 1 N–H and O–H groups in total. The van der Waals surface area contributed by atoms with E-state index in [1.165, 1.54) is 22.9 Å². The summed E-state index contributed by atoms with van der Waals surface area (Å²) < 4.78 is 2.31. The second-order valence-electron chi connectivity index (χ2n) is 7.15. The van der Waals surface area contributed by atoms with Crippen molar-refractivity contribution in [3.05, 3.63) is 72.4 Å². The zero-order chi connectivity index (χ0) is 16.4. The molecule has 0 saturated heterocycles. The number of hydrogen-bond acceptors (Lipinski definition) is 1. The largest absolute Gasteiger partial charge is 0.388 e. The van der Waals surface area contributed by atoms with Crippen LogP contribution in [0.15, 0.2) is 66.9 Å². The minimum Gasteiger partial charge on any atom is -0.388 e. The van der Waals surface area contributed by atoms with E-state index in [-0.39, 0.29) is 6.04 Å². The van der Waals surface area contributed by atoms with Gasteiger partial charge in [0.15, 0.2) is 0 Å². The van der Waals surface area contributed by atoms with Crippen LogP contribution in [0.3, 0.4) is 0 Å². The minimum absolute atomic E-state index is 0.0834. The predicted molar refractivity (Wildman–Crippen MR) is 99.2 cm³/mol. The summed E-state index contributed by atoms with van der Waals surface area (Å²) in [6.07, 6.45) is 8.32. The molecule has 124 valence electrons. The van der Waals surface area contributed by atoms with E-state index in [1.54, 1.807) is 0 Å². The maximum absolute atomic E-state index is 11.5. The van der Waals surface area contributed by atoms with Crippen molar-refractivity contribution in [1.82, 2.24) is 4.57 Å². The average Bonchev–Trinajstić information content (AvgIpc) is 3.05. The van der Waals surface area contributed by atoms with Crippen LogP contribution in [0.2, 0.25) is 0 Å². The molecule has 0 aliphatic heterocycles. The normalized spacial score (nSPS) is 18.5. The van der Waals surface area contributed by atoms with Gasteiger partial charge in [-0.1, -0.05) is 67.8 Å². The lowest BCUT2D eigenvalue weighted by molar-refractivity contribution is -0.0420. The number of hydrogen-bond donors (Lipinski definition) is 1. The molecule has 1 aliphatic rings. The number of fused-ring (bicyclic) bond motifs is 1. The topological polar surface area (TPSA) is 25.2 Å². The van der Waals surface area contributed by atoms with Crippen molar-refractivity contribution in [2.24, 2.45) is 0 Å². The number of nitrogens with zero attached hydrogens (tertiary/aromatic N) is 1. The minimum atomic E-state index is -0.615. The van der Waals surface area contributed by atoms with Gasteiger partial charge in [-0.05, 0) is 42.3 Å². The summed E-state index contributed by atoms with van der Waals surface area (Å²) in [6.45, 7) is 0. The number of benzene rings is 2. The van der Waals surface area contributed by atoms with Crippen LogP contribution >= 0.6 is 0 Å². The highest BCUT2D eigenvalue weighted by Gasteiger charge is 2.39. The Hall–Kier alpha value is -2.06. The first-order chi connectivity index (χ1) is 11.8. The average molecular weight is 319 g/mol. The molecule has 0 spiro atoms. The molecule has 1 aromatic heterocycles. The van der Waals surface area contributed by atoms with Crippen molar-refractivity contribution in [3.8, 4) is 0 Å². The number of rotatable bonds is 4. The van der Waals surface area contributed by atoms with Gasteiger partial charge >= 0.3 is 0 Å². The third kappa shape index (κ3) is 2.87. The van der Waals surface area contributed by atoms with Crippen molar-refractivity contribution in [1.29, 1.82) is 0 Å². The van der Waals surface area contributed by atoms with Crippen LogP contribution in [-0.2, 0) is 6.42 Å². The van der Waals surface area contributed by atoms with Gasteiger partial charge in [0.05, 0.1) is 11.6 Å². The van der Waals surface area contributed by atoms with Crippen LogP contribution in [0.1, 0.15) is 43.7 Å². The molecule has 1 fully saturated rings. The van der Waals surface area contributed by atoms with Gasteiger partial charge < -0.3 is 9.67 Å². The second kappa shape index (κ2) is 6.45. The van der Waals surface area contributed by atoms with Gasteiger partial charge in [-0.25, -0.2) is 0 Å². The monoisotopic (exact) mass is 319 g/mol. The molecular formula is C22H25NO. The van der Waals surface area contributed by atoms with E-state index in [0.29, 0.717) is 0 Å². The SMILES string of the molecule is OC1(C(Cc2ccccc2)n2ccc3ccccc32)CCCCC1. The second-order valence-corrected chi connectivity index (χ2v) is 7.15. The summed E-state index contributed by atoms with van der Waals surface area (Å²) in [4.78, 5) is 0. The van der Waals surface area contributed by atoms with Crippen molar-refractivity contribution in [2.45, 2.75) is 50.2 Å². The highest BCUT2D eigenvalue weighted by molar-refractivity contribution is 5.80. The van der Waals surface area contributed by atoms with Crippen LogP contribution in [0, 0.1) is 0 Å². The quantitative estimate of drug-likeness (QED) is 0.709. The first kappa shape index (κ1) is 15.5.